The second-order valence-electron chi connectivity index (χ2n) is 6.65. The number of guanidine groups is 1. The van der Waals surface area contributed by atoms with E-state index in [2.05, 4.69) is 51.7 Å². The average molecular weight is 367 g/mol. The minimum absolute atomic E-state index is 0.871. The van der Waals surface area contributed by atoms with Crippen molar-refractivity contribution in [3.8, 4) is 0 Å². The molecule has 0 spiro atoms. The van der Waals surface area contributed by atoms with Crippen molar-refractivity contribution in [3.05, 3.63) is 16.1 Å². The Balaban J connectivity index is 1.59. The van der Waals surface area contributed by atoms with Gasteiger partial charge >= 0.3 is 0 Å². The number of likely N-dealkylation sites (N-methyl/N-ethyl adjacent to an activating group) is 1. The van der Waals surface area contributed by atoms with Crippen molar-refractivity contribution in [2.45, 2.75) is 33.1 Å². The maximum atomic E-state index is 4.69. The van der Waals surface area contributed by atoms with Gasteiger partial charge in [-0.3, -0.25) is 4.99 Å². The van der Waals surface area contributed by atoms with Crippen LogP contribution in [-0.4, -0.2) is 80.1 Å². The molecule has 2 N–H and O–H groups in total. The lowest BCUT2D eigenvalue weighted by atomic mass is 10.2. The summed E-state index contributed by atoms with van der Waals surface area (Å²) in [5.41, 5.74) is 1.16. The van der Waals surface area contributed by atoms with Gasteiger partial charge in [0.25, 0.3) is 0 Å². The predicted molar refractivity (Wildman–Crippen MR) is 108 cm³/mol. The summed E-state index contributed by atoms with van der Waals surface area (Å²) in [6.45, 7) is 12.8. The number of aryl methyl sites for hydroxylation is 1. The number of nitrogens with zero attached hydrogens (tertiary/aromatic N) is 4. The highest BCUT2D eigenvalue weighted by Crippen LogP contribution is 2.07. The Kier molecular flexibility index (Phi) is 9.21. The number of hydrogen-bond acceptors (Lipinski definition) is 5. The molecule has 1 aliphatic rings. The Bertz CT molecular complexity index is 507. The monoisotopic (exact) mass is 366 g/mol. The molecule has 0 saturated carbocycles. The molecule has 0 atom stereocenters. The van der Waals surface area contributed by atoms with Crippen LogP contribution in [0.25, 0.3) is 0 Å². The zero-order chi connectivity index (χ0) is 17.9. The molecule has 2 rings (SSSR count). The normalized spacial score (nSPS) is 17.0. The standard InChI is InChI=1S/C18H34N6S/c1-4-19-18(21-9-7-17-15-25-16(2)22-17)20-8-5-6-10-24-13-11-23(3)12-14-24/h15H,4-14H2,1-3H3,(H2,19,20,21). The Labute approximate surface area is 156 Å². The highest BCUT2D eigenvalue weighted by Gasteiger charge is 2.12. The van der Waals surface area contributed by atoms with Gasteiger partial charge in [-0.15, -0.1) is 11.3 Å². The fourth-order valence-corrected chi connectivity index (χ4v) is 3.53. The van der Waals surface area contributed by atoms with Gasteiger partial charge in [0.2, 0.25) is 0 Å². The first-order chi connectivity index (χ1) is 12.2. The van der Waals surface area contributed by atoms with Gasteiger partial charge in [0.05, 0.1) is 10.7 Å². The molecule has 6 nitrogen and oxygen atoms in total. The van der Waals surface area contributed by atoms with E-state index in [0.29, 0.717) is 0 Å². The minimum atomic E-state index is 0.871. The summed E-state index contributed by atoms with van der Waals surface area (Å²) >= 11 is 1.71. The SMILES string of the molecule is CCNC(=NCCCCN1CCN(C)CC1)NCCc1csc(C)n1. The highest BCUT2D eigenvalue weighted by molar-refractivity contribution is 7.09. The largest absolute Gasteiger partial charge is 0.357 e. The van der Waals surface area contributed by atoms with Crippen LogP contribution in [0.5, 0.6) is 0 Å². The Morgan fingerprint density at radius 1 is 1.24 bits per heavy atom. The van der Waals surface area contributed by atoms with Crippen molar-refractivity contribution >= 4 is 17.3 Å². The molecule has 1 saturated heterocycles. The van der Waals surface area contributed by atoms with Gasteiger partial charge in [-0.1, -0.05) is 0 Å². The van der Waals surface area contributed by atoms with Crippen LogP contribution in [0.15, 0.2) is 10.4 Å². The van der Waals surface area contributed by atoms with E-state index in [1.807, 2.05) is 0 Å². The molecule has 142 valence electrons. The molecule has 2 heterocycles. The minimum Gasteiger partial charge on any atom is -0.357 e. The van der Waals surface area contributed by atoms with Crippen molar-refractivity contribution in [3.63, 3.8) is 0 Å². The van der Waals surface area contributed by atoms with E-state index >= 15 is 0 Å². The molecule has 0 aromatic carbocycles. The van der Waals surface area contributed by atoms with Crippen LogP contribution < -0.4 is 10.6 Å². The van der Waals surface area contributed by atoms with E-state index < -0.39 is 0 Å². The number of aromatic nitrogens is 1. The number of aliphatic imine (C=N–C) groups is 1. The van der Waals surface area contributed by atoms with Crippen LogP contribution >= 0.6 is 11.3 Å². The van der Waals surface area contributed by atoms with Crippen molar-refractivity contribution in [1.82, 2.24) is 25.4 Å². The molecular formula is C18H34N6S. The highest BCUT2D eigenvalue weighted by atomic mass is 32.1. The number of nitrogens with one attached hydrogen (secondary N) is 2. The Hall–Kier alpha value is -1.18. The van der Waals surface area contributed by atoms with Crippen LogP contribution in [0.4, 0.5) is 0 Å². The van der Waals surface area contributed by atoms with Crippen LogP contribution in [0.3, 0.4) is 0 Å². The maximum absolute atomic E-state index is 4.69. The first-order valence-electron chi connectivity index (χ1n) is 9.51. The van der Waals surface area contributed by atoms with E-state index in [0.717, 1.165) is 49.1 Å². The summed E-state index contributed by atoms with van der Waals surface area (Å²) in [5.74, 6) is 0.925. The third kappa shape index (κ3) is 8.16. The molecule has 0 bridgehead atoms. The first kappa shape index (κ1) is 20.1. The summed E-state index contributed by atoms with van der Waals surface area (Å²) < 4.78 is 0. The second kappa shape index (κ2) is 11.4. The number of thiazole rings is 1. The molecule has 1 fully saturated rings. The van der Waals surface area contributed by atoms with Gasteiger partial charge in [0.15, 0.2) is 5.96 Å². The summed E-state index contributed by atoms with van der Waals surface area (Å²) in [5, 5.41) is 10.0. The second-order valence-corrected chi connectivity index (χ2v) is 7.71. The van der Waals surface area contributed by atoms with Crippen LogP contribution in [0.2, 0.25) is 0 Å². The lowest BCUT2D eigenvalue weighted by Gasteiger charge is -2.32. The first-order valence-corrected chi connectivity index (χ1v) is 10.4. The molecule has 25 heavy (non-hydrogen) atoms. The molecule has 1 aliphatic heterocycles. The zero-order valence-electron chi connectivity index (χ0n) is 16.1. The van der Waals surface area contributed by atoms with E-state index in [9.17, 15) is 0 Å². The van der Waals surface area contributed by atoms with Crippen molar-refractivity contribution in [2.75, 3.05) is 59.4 Å². The van der Waals surface area contributed by atoms with Gasteiger partial charge in [-0.2, -0.15) is 0 Å². The third-order valence-electron chi connectivity index (χ3n) is 4.43. The summed E-state index contributed by atoms with van der Waals surface area (Å²) in [6, 6.07) is 0. The van der Waals surface area contributed by atoms with Crippen LogP contribution in [0.1, 0.15) is 30.5 Å². The number of unbranched alkanes of at least 4 members (excludes halogenated alkanes) is 1. The predicted octanol–water partition coefficient (Wildman–Crippen LogP) is 1.58. The Morgan fingerprint density at radius 2 is 2.04 bits per heavy atom. The molecule has 0 amide bonds. The third-order valence-corrected chi connectivity index (χ3v) is 5.25. The topological polar surface area (TPSA) is 55.8 Å². The molecule has 1 aromatic heterocycles. The lowest BCUT2D eigenvalue weighted by Crippen LogP contribution is -2.44. The molecular weight excluding hydrogens is 332 g/mol. The van der Waals surface area contributed by atoms with Crippen molar-refractivity contribution in [2.24, 2.45) is 4.99 Å². The lowest BCUT2D eigenvalue weighted by molar-refractivity contribution is 0.152. The maximum Gasteiger partial charge on any atom is 0.191 e. The summed E-state index contributed by atoms with van der Waals surface area (Å²) in [4.78, 5) is 14.2. The van der Waals surface area contributed by atoms with E-state index in [1.54, 1.807) is 11.3 Å². The smallest absolute Gasteiger partial charge is 0.191 e. The van der Waals surface area contributed by atoms with Crippen LogP contribution in [0, 0.1) is 6.92 Å². The average Bonchev–Trinajstić information content (AvgIpc) is 3.01. The summed E-state index contributed by atoms with van der Waals surface area (Å²) in [6.07, 6.45) is 3.32. The van der Waals surface area contributed by atoms with Gasteiger partial charge in [-0.25, -0.2) is 4.98 Å². The zero-order valence-corrected chi connectivity index (χ0v) is 16.9. The van der Waals surface area contributed by atoms with E-state index in [-0.39, 0.29) is 0 Å². The van der Waals surface area contributed by atoms with Gasteiger partial charge in [0.1, 0.15) is 0 Å². The fraction of sp³-hybridized carbons (Fsp3) is 0.778. The van der Waals surface area contributed by atoms with Crippen molar-refractivity contribution in [1.29, 1.82) is 0 Å². The number of piperazine rings is 1. The molecule has 0 radical (unpaired) electrons. The quantitative estimate of drug-likeness (QED) is 0.395. The van der Waals surface area contributed by atoms with Gasteiger partial charge in [0, 0.05) is 57.6 Å². The van der Waals surface area contributed by atoms with Gasteiger partial charge in [-0.05, 0) is 40.3 Å². The van der Waals surface area contributed by atoms with E-state index in [4.69, 9.17) is 4.99 Å². The van der Waals surface area contributed by atoms with Gasteiger partial charge < -0.3 is 20.4 Å². The Morgan fingerprint density at radius 3 is 2.72 bits per heavy atom. The van der Waals surface area contributed by atoms with E-state index in [1.165, 1.54) is 39.1 Å². The summed E-state index contributed by atoms with van der Waals surface area (Å²) in [7, 11) is 2.21. The molecule has 0 aliphatic carbocycles. The molecule has 0 unspecified atom stereocenters. The van der Waals surface area contributed by atoms with Crippen molar-refractivity contribution < 1.29 is 0 Å². The fourth-order valence-electron chi connectivity index (χ4n) is 2.88. The number of hydrogen-bond donors (Lipinski definition) is 2. The number of rotatable bonds is 9. The molecule has 7 heteroatoms. The van der Waals surface area contributed by atoms with Crippen LogP contribution in [-0.2, 0) is 6.42 Å². The molecule has 1 aromatic rings.